The van der Waals surface area contributed by atoms with E-state index in [0.29, 0.717) is 5.69 Å². The third-order valence-electron chi connectivity index (χ3n) is 2.56. The fourth-order valence-electron chi connectivity index (χ4n) is 1.56. The third kappa shape index (κ3) is 3.43. The Morgan fingerprint density at radius 3 is 2.56 bits per heavy atom. The summed E-state index contributed by atoms with van der Waals surface area (Å²) >= 11 is 0. The molecule has 1 aromatic rings. The lowest BCUT2D eigenvalue weighted by Gasteiger charge is -2.24. The first-order chi connectivity index (χ1) is 8.55. The van der Waals surface area contributed by atoms with E-state index < -0.39 is 11.7 Å². The van der Waals surface area contributed by atoms with Gasteiger partial charge in [-0.05, 0) is 12.1 Å². The molecule has 0 aliphatic carbocycles. The van der Waals surface area contributed by atoms with E-state index in [-0.39, 0.29) is 0 Å². The van der Waals surface area contributed by atoms with E-state index in [2.05, 4.69) is 15.4 Å². The van der Waals surface area contributed by atoms with Crippen molar-refractivity contribution in [1.29, 1.82) is 0 Å². The number of alkyl halides is 3. The summed E-state index contributed by atoms with van der Waals surface area (Å²) in [5, 5.41) is 9.21. The van der Waals surface area contributed by atoms with Gasteiger partial charge in [0.2, 0.25) is 0 Å². The van der Waals surface area contributed by atoms with Gasteiger partial charge in [0.05, 0.1) is 17.5 Å². The van der Waals surface area contributed by atoms with Crippen LogP contribution in [0.2, 0.25) is 0 Å². The summed E-state index contributed by atoms with van der Waals surface area (Å²) in [6.07, 6.45) is -2.05. The van der Waals surface area contributed by atoms with Gasteiger partial charge in [0.1, 0.15) is 0 Å². The van der Waals surface area contributed by atoms with Gasteiger partial charge in [0.15, 0.2) is 0 Å². The molecule has 7 heteroatoms. The van der Waals surface area contributed by atoms with Crippen LogP contribution in [-0.4, -0.2) is 42.4 Å². The normalized spacial score (nSPS) is 17.4. The number of piperazine rings is 1. The summed E-state index contributed by atoms with van der Waals surface area (Å²) < 4.78 is 36.9. The van der Waals surface area contributed by atoms with Crippen molar-refractivity contribution in [3.8, 4) is 0 Å². The van der Waals surface area contributed by atoms with Crippen LogP contribution in [0, 0.1) is 0 Å². The lowest BCUT2D eigenvalue weighted by Crippen LogP contribution is -2.40. The van der Waals surface area contributed by atoms with Crippen molar-refractivity contribution < 1.29 is 13.2 Å². The summed E-state index contributed by atoms with van der Waals surface area (Å²) in [5.74, 6) is 0. The zero-order valence-corrected chi connectivity index (χ0v) is 9.61. The van der Waals surface area contributed by atoms with E-state index in [1.165, 1.54) is 12.3 Å². The maximum Gasteiger partial charge on any atom is 0.417 e. The number of rotatable bonds is 2. The molecule has 0 bridgehead atoms. The average molecular weight is 258 g/mol. The molecule has 0 atom stereocenters. The summed E-state index contributed by atoms with van der Waals surface area (Å²) in [6, 6.07) is 2.32. The molecule has 1 aromatic heterocycles. The fourth-order valence-corrected chi connectivity index (χ4v) is 1.56. The summed E-state index contributed by atoms with van der Waals surface area (Å²) in [7, 11) is 0. The zero-order chi connectivity index (χ0) is 13.0. The number of hydrazone groups is 1. The van der Waals surface area contributed by atoms with Crippen molar-refractivity contribution in [2.45, 2.75) is 6.18 Å². The van der Waals surface area contributed by atoms with E-state index in [9.17, 15) is 13.2 Å². The maximum atomic E-state index is 12.3. The predicted octanol–water partition coefficient (Wildman–Crippen LogP) is 1.34. The molecule has 1 fully saturated rings. The number of nitrogens with one attached hydrogen (secondary N) is 1. The highest BCUT2D eigenvalue weighted by atomic mass is 19.4. The molecule has 0 amide bonds. The molecule has 2 heterocycles. The highest BCUT2D eigenvalue weighted by molar-refractivity contribution is 5.76. The van der Waals surface area contributed by atoms with Crippen LogP contribution in [0.25, 0.3) is 0 Å². The van der Waals surface area contributed by atoms with Crippen molar-refractivity contribution >= 4 is 6.21 Å². The Balaban J connectivity index is 1.99. The van der Waals surface area contributed by atoms with E-state index in [1.54, 1.807) is 0 Å². The first-order valence-electron chi connectivity index (χ1n) is 5.58. The molecular formula is C11H13F3N4. The first kappa shape index (κ1) is 12.8. The Hall–Kier alpha value is -1.63. The van der Waals surface area contributed by atoms with Crippen LogP contribution in [0.1, 0.15) is 11.3 Å². The van der Waals surface area contributed by atoms with E-state index in [1.807, 2.05) is 5.01 Å². The molecule has 4 nitrogen and oxygen atoms in total. The largest absolute Gasteiger partial charge is 0.417 e. The molecule has 98 valence electrons. The average Bonchev–Trinajstić information content (AvgIpc) is 2.37. The number of hydrogen-bond acceptors (Lipinski definition) is 4. The molecule has 0 spiro atoms. The molecule has 0 aromatic carbocycles. The van der Waals surface area contributed by atoms with Crippen molar-refractivity contribution in [3.63, 3.8) is 0 Å². The second kappa shape index (κ2) is 5.34. The summed E-state index contributed by atoms with van der Waals surface area (Å²) in [5.41, 5.74) is -0.330. The van der Waals surface area contributed by atoms with E-state index in [4.69, 9.17) is 0 Å². The van der Waals surface area contributed by atoms with E-state index in [0.717, 1.165) is 38.4 Å². The van der Waals surface area contributed by atoms with Gasteiger partial charge in [0, 0.05) is 32.4 Å². The van der Waals surface area contributed by atoms with Gasteiger partial charge in [-0.2, -0.15) is 18.3 Å². The topological polar surface area (TPSA) is 40.5 Å². The quantitative estimate of drug-likeness (QED) is 0.814. The Bertz CT molecular complexity index is 407. The van der Waals surface area contributed by atoms with Crippen molar-refractivity contribution in [1.82, 2.24) is 15.3 Å². The monoisotopic (exact) mass is 258 g/mol. The molecule has 0 saturated carbocycles. The minimum absolute atomic E-state index is 0.418. The lowest BCUT2D eigenvalue weighted by molar-refractivity contribution is -0.137. The predicted molar refractivity (Wildman–Crippen MR) is 61.3 cm³/mol. The third-order valence-corrected chi connectivity index (χ3v) is 2.56. The Kier molecular flexibility index (Phi) is 3.81. The smallest absolute Gasteiger partial charge is 0.313 e. The molecule has 1 N–H and O–H groups in total. The minimum atomic E-state index is -4.35. The van der Waals surface area contributed by atoms with Gasteiger partial charge in [-0.25, -0.2) is 0 Å². The molecule has 1 aliphatic rings. The van der Waals surface area contributed by atoms with Crippen molar-refractivity contribution in [2.75, 3.05) is 26.2 Å². The number of halogens is 3. The standard InChI is InChI=1S/C11H13F3N4/c12-11(13,14)9-1-2-10(16-7-9)8-17-18-5-3-15-4-6-18/h1-2,7-8,15H,3-6H2/b17-8+. The van der Waals surface area contributed by atoms with Crippen LogP contribution >= 0.6 is 0 Å². The Labute approximate surface area is 103 Å². The molecule has 18 heavy (non-hydrogen) atoms. The van der Waals surface area contributed by atoms with Gasteiger partial charge in [-0.15, -0.1) is 0 Å². The Morgan fingerprint density at radius 1 is 1.28 bits per heavy atom. The van der Waals surface area contributed by atoms with Gasteiger partial charge in [-0.1, -0.05) is 0 Å². The number of pyridine rings is 1. The van der Waals surface area contributed by atoms with Crippen LogP contribution in [0.4, 0.5) is 13.2 Å². The number of nitrogens with zero attached hydrogens (tertiary/aromatic N) is 3. The second-order valence-electron chi connectivity index (χ2n) is 3.92. The van der Waals surface area contributed by atoms with E-state index >= 15 is 0 Å². The lowest BCUT2D eigenvalue weighted by atomic mass is 10.2. The SMILES string of the molecule is FC(F)(F)c1ccc(/C=N/N2CCNCC2)nc1. The second-order valence-corrected chi connectivity index (χ2v) is 3.92. The van der Waals surface area contributed by atoms with Gasteiger partial charge in [-0.3, -0.25) is 9.99 Å². The maximum absolute atomic E-state index is 12.3. The molecule has 0 unspecified atom stereocenters. The van der Waals surface area contributed by atoms with Crippen LogP contribution in [-0.2, 0) is 6.18 Å². The van der Waals surface area contributed by atoms with Crippen molar-refractivity contribution in [3.05, 3.63) is 29.6 Å². The summed E-state index contributed by atoms with van der Waals surface area (Å²) in [6.45, 7) is 3.30. The van der Waals surface area contributed by atoms with Crippen LogP contribution in [0.5, 0.6) is 0 Å². The molecule has 2 rings (SSSR count). The van der Waals surface area contributed by atoms with Crippen molar-refractivity contribution in [2.24, 2.45) is 5.10 Å². The van der Waals surface area contributed by atoms with Crippen LogP contribution in [0.15, 0.2) is 23.4 Å². The zero-order valence-electron chi connectivity index (χ0n) is 9.61. The Morgan fingerprint density at radius 2 is 2.00 bits per heavy atom. The highest BCUT2D eigenvalue weighted by Crippen LogP contribution is 2.28. The molecule has 1 aliphatic heterocycles. The minimum Gasteiger partial charge on any atom is -0.313 e. The van der Waals surface area contributed by atoms with Gasteiger partial charge < -0.3 is 5.32 Å². The number of hydrogen-bond donors (Lipinski definition) is 1. The summed E-state index contributed by atoms with van der Waals surface area (Å²) in [4.78, 5) is 3.72. The number of aromatic nitrogens is 1. The first-order valence-corrected chi connectivity index (χ1v) is 5.58. The molecule has 1 saturated heterocycles. The molecular weight excluding hydrogens is 245 g/mol. The van der Waals surface area contributed by atoms with Crippen LogP contribution < -0.4 is 5.32 Å². The highest BCUT2D eigenvalue weighted by Gasteiger charge is 2.30. The van der Waals surface area contributed by atoms with Gasteiger partial charge in [0.25, 0.3) is 0 Å². The fraction of sp³-hybridized carbons (Fsp3) is 0.455. The van der Waals surface area contributed by atoms with Gasteiger partial charge >= 0.3 is 6.18 Å². The van der Waals surface area contributed by atoms with Crippen LogP contribution in [0.3, 0.4) is 0 Å². The molecule has 0 radical (unpaired) electrons.